The van der Waals surface area contributed by atoms with E-state index in [1.807, 2.05) is 0 Å². The lowest BCUT2D eigenvalue weighted by atomic mass is 9.76. The fraction of sp³-hybridized carbons (Fsp3) is 0.875. The lowest BCUT2D eigenvalue weighted by molar-refractivity contribution is -0.150. The van der Waals surface area contributed by atoms with Crippen molar-refractivity contribution < 1.29 is 14.6 Å². The van der Waals surface area contributed by atoms with Gasteiger partial charge in [-0.2, -0.15) is 0 Å². The molecule has 0 spiro atoms. The van der Waals surface area contributed by atoms with E-state index in [1.165, 1.54) is 0 Å². The van der Waals surface area contributed by atoms with Crippen LogP contribution < -0.4 is 0 Å². The lowest BCUT2D eigenvalue weighted by Crippen LogP contribution is -2.37. The maximum absolute atomic E-state index is 10.8. The van der Waals surface area contributed by atoms with Crippen LogP contribution in [0, 0.1) is 5.41 Å². The third-order valence-electron chi connectivity index (χ3n) is 2.96. The molecule has 0 radical (unpaired) electrons. The van der Waals surface area contributed by atoms with Gasteiger partial charge in [-0.25, -0.2) is 0 Å². The Morgan fingerprint density at radius 2 is 2.36 bits per heavy atom. The number of ether oxygens (including phenoxy) is 1. The Morgan fingerprint density at radius 3 is 2.64 bits per heavy atom. The standard InChI is InChI=1S/C8H12O3/c1-8(7(9)10)4-5-2-3-6(8)11-5/h5-6H,2-4H2,1H3,(H,9,10)/t5-,6+,8-/m0/s1. The second-order valence-corrected chi connectivity index (χ2v) is 3.75. The second kappa shape index (κ2) is 1.97. The van der Waals surface area contributed by atoms with E-state index in [0.29, 0.717) is 6.42 Å². The van der Waals surface area contributed by atoms with E-state index >= 15 is 0 Å². The fourth-order valence-corrected chi connectivity index (χ4v) is 2.15. The first kappa shape index (κ1) is 7.10. The summed E-state index contributed by atoms with van der Waals surface area (Å²) in [6.07, 6.45) is 2.87. The highest BCUT2D eigenvalue weighted by Gasteiger charge is 2.54. The van der Waals surface area contributed by atoms with Crippen LogP contribution in [-0.2, 0) is 9.53 Å². The van der Waals surface area contributed by atoms with Gasteiger partial charge in [0.15, 0.2) is 0 Å². The molecule has 0 aromatic rings. The van der Waals surface area contributed by atoms with Crippen molar-refractivity contribution in [2.24, 2.45) is 5.41 Å². The molecule has 2 rings (SSSR count). The number of rotatable bonds is 1. The zero-order chi connectivity index (χ0) is 8.06. The highest BCUT2D eigenvalue weighted by atomic mass is 16.5. The average Bonchev–Trinajstić information content (AvgIpc) is 2.45. The Morgan fingerprint density at radius 1 is 1.64 bits per heavy atom. The Bertz CT molecular complexity index is 202. The number of carbonyl (C=O) groups is 1. The van der Waals surface area contributed by atoms with Gasteiger partial charge >= 0.3 is 5.97 Å². The van der Waals surface area contributed by atoms with Gasteiger partial charge in [-0.15, -0.1) is 0 Å². The highest BCUT2D eigenvalue weighted by molar-refractivity contribution is 5.75. The van der Waals surface area contributed by atoms with Crippen LogP contribution in [0.2, 0.25) is 0 Å². The van der Waals surface area contributed by atoms with Gasteiger partial charge in [0.1, 0.15) is 0 Å². The molecular formula is C8H12O3. The third kappa shape index (κ3) is 0.805. The number of aliphatic carboxylic acids is 1. The topological polar surface area (TPSA) is 46.5 Å². The van der Waals surface area contributed by atoms with Crippen molar-refractivity contribution in [3.05, 3.63) is 0 Å². The molecule has 62 valence electrons. The normalized spacial score (nSPS) is 48.1. The molecule has 2 aliphatic rings. The van der Waals surface area contributed by atoms with Crippen molar-refractivity contribution in [2.45, 2.75) is 38.4 Å². The smallest absolute Gasteiger partial charge is 0.312 e. The van der Waals surface area contributed by atoms with Crippen LogP contribution in [0.4, 0.5) is 0 Å². The van der Waals surface area contributed by atoms with Crippen LogP contribution in [0.25, 0.3) is 0 Å². The number of hydrogen-bond acceptors (Lipinski definition) is 2. The van der Waals surface area contributed by atoms with Crippen molar-refractivity contribution in [3.8, 4) is 0 Å². The third-order valence-corrected chi connectivity index (χ3v) is 2.96. The molecular weight excluding hydrogens is 144 g/mol. The molecule has 2 heterocycles. The minimum absolute atomic E-state index is 0.0231. The van der Waals surface area contributed by atoms with Crippen LogP contribution in [0.3, 0.4) is 0 Å². The van der Waals surface area contributed by atoms with Gasteiger partial charge in [0.05, 0.1) is 17.6 Å². The van der Waals surface area contributed by atoms with Crippen LogP contribution in [0.15, 0.2) is 0 Å². The summed E-state index contributed by atoms with van der Waals surface area (Å²) in [6, 6.07) is 0. The van der Waals surface area contributed by atoms with Gasteiger partial charge in [-0.05, 0) is 26.2 Å². The first-order valence-corrected chi connectivity index (χ1v) is 4.02. The summed E-state index contributed by atoms with van der Waals surface area (Å²) in [7, 11) is 0. The van der Waals surface area contributed by atoms with E-state index in [0.717, 1.165) is 12.8 Å². The van der Waals surface area contributed by atoms with Crippen LogP contribution in [0.5, 0.6) is 0 Å². The first-order chi connectivity index (χ1) is 5.13. The number of fused-ring (bicyclic) bond motifs is 2. The summed E-state index contributed by atoms with van der Waals surface area (Å²) in [5.74, 6) is -0.704. The molecule has 0 aromatic carbocycles. The SMILES string of the molecule is C[C@]1(C(=O)O)C[C@@H]2CC[C@H]1O2. The summed E-state index contributed by atoms with van der Waals surface area (Å²) in [5.41, 5.74) is -0.594. The largest absolute Gasteiger partial charge is 0.481 e. The average molecular weight is 156 g/mol. The molecule has 1 N–H and O–H groups in total. The summed E-state index contributed by atoms with van der Waals surface area (Å²) >= 11 is 0. The van der Waals surface area contributed by atoms with Gasteiger partial charge in [0, 0.05) is 0 Å². The molecule has 2 bridgehead atoms. The minimum atomic E-state index is -0.704. The van der Waals surface area contributed by atoms with Crippen LogP contribution in [-0.4, -0.2) is 23.3 Å². The number of carboxylic acids is 1. The molecule has 2 saturated heterocycles. The van der Waals surface area contributed by atoms with Gasteiger partial charge < -0.3 is 9.84 Å². The molecule has 0 unspecified atom stereocenters. The zero-order valence-corrected chi connectivity index (χ0v) is 6.54. The van der Waals surface area contributed by atoms with Crippen molar-refractivity contribution in [1.82, 2.24) is 0 Å². The Kier molecular flexibility index (Phi) is 1.27. The lowest BCUT2D eigenvalue weighted by Gasteiger charge is -2.25. The van der Waals surface area contributed by atoms with E-state index in [2.05, 4.69) is 0 Å². The predicted octanol–water partition coefficient (Wildman–Crippen LogP) is 1.03. The van der Waals surface area contributed by atoms with Gasteiger partial charge in [0.2, 0.25) is 0 Å². The van der Waals surface area contributed by atoms with Gasteiger partial charge in [0.25, 0.3) is 0 Å². The highest BCUT2D eigenvalue weighted by Crippen LogP contribution is 2.47. The molecule has 3 atom stereocenters. The molecule has 0 amide bonds. The summed E-state index contributed by atoms with van der Waals surface area (Å²) in [6.45, 7) is 1.79. The van der Waals surface area contributed by atoms with E-state index in [9.17, 15) is 4.79 Å². The van der Waals surface area contributed by atoms with E-state index in [-0.39, 0.29) is 12.2 Å². The van der Waals surface area contributed by atoms with Crippen molar-refractivity contribution in [1.29, 1.82) is 0 Å². The molecule has 11 heavy (non-hydrogen) atoms. The molecule has 3 nitrogen and oxygen atoms in total. The second-order valence-electron chi connectivity index (χ2n) is 3.75. The Labute approximate surface area is 65.4 Å². The van der Waals surface area contributed by atoms with Crippen molar-refractivity contribution in [3.63, 3.8) is 0 Å². The summed E-state index contributed by atoms with van der Waals surface area (Å²) in [5, 5.41) is 8.91. The fourth-order valence-electron chi connectivity index (χ4n) is 2.15. The van der Waals surface area contributed by atoms with Crippen LogP contribution in [0.1, 0.15) is 26.2 Å². The monoisotopic (exact) mass is 156 g/mol. The van der Waals surface area contributed by atoms with E-state index < -0.39 is 11.4 Å². The van der Waals surface area contributed by atoms with E-state index in [1.54, 1.807) is 6.92 Å². The quantitative estimate of drug-likeness (QED) is 0.616. The molecule has 2 fully saturated rings. The molecule has 0 aromatic heterocycles. The maximum Gasteiger partial charge on any atom is 0.312 e. The number of carboxylic acid groups (broad SMARTS) is 1. The van der Waals surface area contributed by atoms with E-state index in [4.69, 9.17) is 9.84 Å². The van der Waals surface area contributed by atoms with Crippen molar-refractivity contribution in [2.75, 3.05) is 0 Å². The maximum atomic E-state index is 10.8. The van der Waals surface area contributed by atoms with Gasteiger partial charge in [-0.1, -0.05) is 0 Å². The van der Waals surface area contributed by atoms with Gasteiger partial charge in [-0.3, -0.25) is 4.79 Å². The van der Waals surface area contributed by atoms with Crippen molar-refractivity contribution >= 4 is 5.97 Å². The molecule has 0 aliphatic carbocycles. The molecule has 0 saturated carbocycles. The summed E-state index contributed by atoms with van der Waals surface area (Å²) in [4.78, 5) is 10.8. The van der Waals surface area contributed by atoms with Crippen LogP contribution >= 0.6 is 0 Å². The Balaban J connectivity index is 2.23. The molecule has 3 heteroatoms. The first-order valence-electron chi connectivity index (χ1n) is 4.02. The Hall–Kier alpha value is -0.570. The predicted molar refractivity (Wildman–Crippen MR) is 38.3 cm³/mol. The zero-order valence-electron chi connectivity index (χ0n) is 6.54. The number of hydrogen-bond donors (Lipinski definition) is 1. The minimum Gasteiger partial charge on any atom is -0.481 e. The molecule has 2 aliphatic heterocycles. The summed E-state index contributed by atoms with van der Waals surface area (Å²) < 4.78 is 5.47.